The van der Waals surface area contributed by atoms with E-state index in [2.05, 4.69) is 15.6 Å². The monoisotopic (exact) mass is 324 g/mol. The molecule has 0 bridgehead atoms. The van der Waals surface area contributed by atoms with Crippen LogP contribution >= 0.6 is 22.9 Å². The summed E-state index contributed by atoms with van der Waals surface area (Å²) in [5.74, 6) is -0.405. The van der Waals surface area contributed by atoms with E-state index in [1.807, 2.05) is 30.3 Å². The van der Waals surface area contributed by atoms with Crippen molar-refractivity contribution in [3.05, 3.63) is 40.5 Å². The fourth-order valence-corrected chi connectivity index (χ4v) is 2.77. The average Bonchev–Trinajstić information content (AvgIpc) is 2.86. The number of thiazole rings is 1. The number of nitrogens with zero attached hydrogens (tertiary/aromatic N) is 1. The fourth-order valence-electron chi connectivity index (χ4n) is 1.66. The summed E-state index contributed by atoms with van der Waals surface area (Å²) < 4.78 is 0.270. The summed E-state index contributed by atoms with van der Waals surface area (Å²) in [5.41, 5.74) is 1.07. The highest BCUT2D eigenvalue weighted by Gasteiger charge is 2.18. The van der Waals surface area contributed by atoms with Gasteiger partial charge in [0.2, 0.25) is 0 Å². The molecule has 0 saturated carbocycles. The second kappa shape index (κ2) is 7.05. The van der Waals surface area contributed by atoms with E-state index in [1.165, 1.54) is 11.3 Å². The first-order valence-corrected chi connectivity index (χ1v) is 7.22. The Kier molecular flexibility index (Phi) is 5.13. The number of amides is 2. The molecule has 0 fully saturated rings. The number of carboxylic acid groups (broad SMARTS) is 1. The van der Waals surface area contributed by atoms with Crippen molar-refractivity contribution in [2.24, 2.45) is 0 Å². The van der Waals surface area contributed by atoms with Crippen molar-refractivity contribution < 1.29 is 14.7 Å². The van der Waals surface area contributed by atoms with Crippen LogP contribution in [-0.2, 0) is 0 Å². The highest BCUT2D eigenvalue weighted by Crippen LogP contribution is 2.32. The maximum atomic E-state index is 12.1. The van der Waals surface area contributed by atoms with Crippen molar-refractivity contribution in [1.82, 2.24) is 15.6 Å². The standard InChI is InChI=1S/C13H12ClN3O3S/c14-12-17-9(11(18)15-6-7-16-13(19)20)10(21-12)8-4-2-1-3-5-8/h1-5,16H,6-7H2,(H,15,18)(H,19,20)/p-1. The molecule has 2 N–H and O–H groups in total. The van der Waals surface area contributed by atoms with Crippen molar-refractivity contribution in [2.75, 3.05) is 13.1 Å². The summed E-state index contributed by atoms with van der Waals surface area (Å²) in [6.45, 7) is 0.197. The number of benzene rings is 1. The van der Waals surface area contributed by atoms with E-state index in [1.54, 1.807) is 0 Å². The lowest BCUT2D eigenvalue weighted by Crippen LogP contribution is -2.41. The maximum Gasteiger partial charge on any atom is 0.271 e. The predicted molar refractivity (Wildman–Crippen MR) is 78.3 cm³/mol. The van der Waals surface area contributed by atoms with Gasteiger partial charge in [0.05, 0.1) is 4.88 Å². The molecule has 0 aliphatic carbocycles. The Bertz CT molecular complexity index is 645. The van der Waals surface area contributed by atoms with Crippen molar-refractivity contribution >= 4 is 34.9 Å². The van der Waals surface area contributed by atoms with Gasteiger partial charge in [-0.05, 0) is 5.56 Å². The first-order valence-electron chi connectivity index (χ1n) is 6.02. The van der Waals surface area contributed by atoms with E-state index >= 15 is 0 Å². The maximum absolute atomic E-state index is 12.1. The van der Waals surface area contributed by atoms with Gasteiger partial charge in [0.25, 0.3) is 5.91 Å². The van der Waals surface area contributed by atoms with Crippen LogP contribution in [0.2, 0.25) is 4.47 Å². The third-order valence-corrected chi connectivity index (χ3v) is 3.74. The fraction of sp³-hybridized carbons (Fsp3) is 0.154. The quantitative estimate of drug-likeness (QED) is 0.806. The summed E-state index contributed by atoms with van der Waals surface area (Å²) in [4.78, 5) is 27.0. The molecule has 0 aliphatic heterocycles. The number of hydrogen-bond donors (Lipinski definition) is 2. The summed E-state index contributed by atoms with van der Waals surface area (Å²) in [6, 6.07) is 9.30. The number of carbonyl (C=O) groups excluding carboxylic acids is 2. The molecule has 21 heavy (non-hydrogen) atoms. The van der Waals surface area contributed by atoms with Gasteiger partial charge in [-0.15, -0.1) is 11.3 Å². The van der Waals surface area contributed by atoms with Crippen molar-refractivity contribution in [1.29, 1.82) is 0 Å². The van der Waals surface area contributed by atoms with Gasteiger partial charge in [-0.1, -0.05) is 41.9 Å². The molecule has 1 aromatic carbocycles. The molecular formula is C13H11ClN3O3S-. The van der Waals surface area contributed by atoms with Crippen LogP contribution in [-0.4, -0.2) is 30.1 Å². The van der Waals surface area contributed by atoms with Crippen LogP contribution in [0.5, 0.6) is 0 Å². The molecule has 0 saturated heterocycles. The summed E-state index contributed by atoms with van der Waals surface area (Å²) in [6.07, 6.45) is -1.38. The van der Waals surface area contributed by atoms with Crippen LogP contribution in [0.4, 0.5) is 4.79 Å². The lowest BCUT2D eigenvalue weighted by molar-refractivity contribution is -0.250. The molecule has 110 valence electrons. The summed E-state index contributed by atoms with van der Waals surface area (Å²) in [5, 5.41) is 14.8. The molecule has 0 aliphatic rings. The van der Waals surface area contributed by atoms with E-state index in [0.717, 1.165) is 5.56 Å². The second-order valence-corrected chi connectivity index (χ2v) is 5.56. The van der Waals surface area contributed by atoms with Crippen molar-refractivity contribution in [2.45, 2.75) is 0 Å². The molecule has 0 spiro atoms. The third kappa shape index (κ3) is 4.17. The minimum absolute atomic E-state index is 0.0621. The van der Waals surface area contributed by atoms with E-state index < -0.39 is 12.0 Å². The number of aromatic nitrogens is 1. The lowest BCUT2D eigenvalue weighted by atomic mass is 10.1. The van der Waals surface area contributed by atoms with Crippen LogP contribution in [0.3, 0.4) is 0 Å². The van der Waals surface area contributed by atoms with Gasteiger partial charge in [0.15, 0.2) is 4.47 Å². The Hall–Kier alpha value is -2.12. The highest BCUT2D eigenvalue weighted by atomic mass is 35.5. The van der Waals surface area contributed by atoms with Gasteiger partial charge in [0, 0.05) is 13.1 Å². The average molecular weight is 325 g/mol. The third-order valence-electron chi connectivity index (χ3n) is 2.53. The second-order valence-electron chi connectivity index (χ2n) is 3.98. The Morgan fingerprint density at radius 2 is 1.86 bits per heavy atom. The first-order chi connectivity index (χ1) is 10.1. The first kappa shape index (κ1) is 15.3. The number of halogens is 1. The molecule has 1 heterocycles. The zero-order valence-corrected chi connectivity index (χ0v) is 12.3. The molecule has 6 nitrogen and oxygen atoms in total. The topological polar surface area (TPSA) is 94.1 Å². The van der Waals surface area contributed by atoms with E-state index in [9.17, 15) is 14.7 Å². The molecule has 2 rings (SSSR count). The smallest absolute Gasteiger partial charge is 0.271 e. The minimum atomic E-state index is -1.38. The zero-order valence-electron chi connectivity index (χ0n) is 10.8. The van der Waals surface area contributed by atoms with Gasteiger partial charge < -0.3 is 20.5 Å². The van der Waals surface area contributed by atoms with Gasteiger partial charge in [-0.25, -0.2) is 4.98 Å². The van der Waals surface area contributed by atoms with E-state index in [-0.39, 0.29) is 23.3 Å². The zero-order chi connectivity index (χ0) is 15.2. The molecule has 1 aromatic heterocycles. The number of carbonyl (C=O) groups is 2. The van der Waals surface area contributed by atoms with Crippen molar-refractivity contribution in [3.8, 4) is 10.4 Å². The number of rotatable bonds is 5. The molecule has 8 heteroatoms. The van der Waals surface area contributed by atoms with Crippen LogP contribution in [0.1, 0.15) is 10.5 Å². The van der Waals surface area contributed by atoms with E-state index in [4.69, 9.17) is 11.6 Å². The largest absolute Gasteiger partial charge is 0.530 e. The molecule has 2 aromatic rings. The summed E-state index contributed by atoms with van der Waals surface area (Å²) in [7, 11) is 0. The molecule has 0 radical (unpaired) electrons. The Labute approximate surface area is 129 Å². The predicted octanol–water partition coefficient (Wildman–Crippen LogP) is 1.13. The Morgan fingerprint density at radius 3 is 2.52 bits per heavy atom. The number of nitrogens with one attached hydrogen (secondary N) is 2. The lowest BCUT2D eigenvalue weighted by Gasteiger charge is -2.07. The van der Waals surface area contributed by atoms with Gasteiger partial charge in [-0.3, -0.25) is 4.79 Å². The van der Waals surface area contributed by atoms with E-state index in [0.29, 0.717) is 4.88 Å². The molecular weight excluding hydrogens is 314 g/mol. The van der Waals surface area contributed by atoms with Crippen molar-refractivity contribution in [3.63, 3.8) is 0 Å². The minimum Gasteiger partial charge on any atom is -0.530 e. The molecule has 2 amide bonds. The van der Waals surface area contributed by atoms with Crippen LogP contribution < -0.4 is 15.7 Å². The van der Waals surface area contributed by atoms with Crippen LogP contribution in [0.15, 0.2) is 30.3 Å². The van der Waals surface area contributed by atoms with Gasteiger partial charge in [0.1, 0.15) is 11.8 Å². The Balaban J connectivity index is 2.09. The van der Waals surface area contributed by atoms with Crippen LogP contribution in [0, 0.1) is 0 Å². The Morgan fingerprint density at radius 1 is 1.19 bits per heavy atom. The van der Waals surface area contributed by atoms with Gasteiger partial charge >= 0.3 is 0 Å². The highest BCUT2D eigenvalue weighted by molar-refractivity contribution is 7.19. The van der Waals surface area contributed by atoms with Gasteiger partial charge in [-0.2, -0.15) is 0 Å². The normalized spacial score (nSPS) is 10.1. The SMILES string of the molecule is O=C([O-])NCCNC(=O)c1nc(Cl)sc1-c1ccccc1. The summed E-state index contributed by atoms with van der Waals surface area (Å²) >= 11 is 7.11. The molecule has 0 atom stereocenters. The molecule has 0 unspecified atom stereocenters. The van der Waals surface area contributed by atoms with Crippen LogP contribution in [0.25, 0.3) is 10.4 Å². The number of hydrogen-bond acceptors (Lipinski definition) is 5.